The monoisotopic (exact) mass is 246 g/mol. The minimum absolute atomic E-state index is 0.306. The third-order valence-corrected chi connectivity index (χ3v) is 3.43. The van der Waals surface area contributed by atoms with Gasteiger partial charge in [-0.15, -0.1) is 0 Å². The summed E-state index contributed by atoms with van der Waals surface area (Å²) in [5.74, 6) is 2.31. The Labute approximate surface area is 105 Å². The molecule has 0 aliphatic heterocycles. The lowest BCUT2D eigenvalue weighted by molar-refractivity contribution is 0.474. The molecule has 0 atom stereocenters. The average Bonchev–Trinajstić information content (AvgIpc) is 2.29. The van der Waals surface area contributed by atoms with Crippen LogP contribution in [0.1, 0.15) is 11.1 Å². The Morgan fingerprint density at radius 2 is 1.24 bits per heavy atom. The first kappa shape index (κ1) is 11.9. The van der Waals surface area contributed by atoms with E-state index < -0.39 is 0 Å². The van der Waals surface area contributed by atoms with Gasteiger partial charge in [0.15, 0.2) is 0 Å². The second-order valence-electron chi connectivity index (χ2n) is 3.83. The van der Waals surface area contributed by atoms with Gasteiger partial charge < -0.3 is 10.2 Å². The molecule has 0 unspecified atom stereocenters. The van der Waals surface area contributed by atoms with Gasteiger partial charge >= 0.3 is 0 Å². The van der Waals surface area contributed by atoms with Crippen LogP contribution < -0.4 is 0 Å². The number of hydrogen-bond acceptors (Lipinski definition) is 3. The van der Waals surface area contributed by atoms with Gasteiger partial charge in [0, 0.05) is 11.5 Å². The van der Waals surface area contributed by atoms with E-state index in [1.54, 1.807) is 36.0 Å². The highest BCUT2D eigenvalue weighted by Crippen LogP contribution is 2.21. The predicted molar refractivity (Wildman–Crippen MR) is 71.2 cm³/mol. The third kappa shape index (κ3) is 3.71. The number of rotatable bonds is 4. The summed E-state index contributed by atoms with van der Waals surface area (Å²) in [5, 5.41) is 18.6. The molecule has 0 aromatic heterocycles. The maximum absolute atomic E-state index is 9.32. The maximum atomic E-state index is 9.32. The molecule has 0 heterocycles. The van der Waals surface area contributed by atoms with Crippen LogP contribution in [0.15, 0.2) is 48.5 Å². The van der Waals surface area contributed by atoms with Crippen LogP contribution in [-0.4, -0.2) is 10.2 Å². The van der Waals surface area contributed by atoms with E-state index in [2.05, 4.69) is 0 Å². The predicted octanol–water partition coefficient (Wildman–Crippen LogP) is 3.53. The summed E-state index contributed by atoms with van der Waals surface area (Å²) < 4.78 is 0. The van der Waals surface area contributed by atoms with Crippen LogP contribution >= 0.6 is 11.8 Å². The smallest absolute Gasteiger partial charge is 0.115 e. The van der Waals surface area contributed by atoms with Crippen LogP contribution in [0.25, 0.3) is 0 Å². The molecule has 2 aromatic carbocycles. The Morgan fingerprint density at radius 3 is 1.65 bits per heavy atom. The second-order valence-corrected chi connectivity index (χ2v) is 4.82. The zero-order chi connectivity index (χ0) is 12.1. The Morgan fingerprint density at radius 1 is 0.765 bits per heavy atom. The van der Waals surface area contributed by atoms with E-state index in [4.69, 9.17) is 0 Å². The van der Waals surface area contributed by atoms with Crippen molar-refractivity contribution in [2.45, 2.75) is 11.5 Å². The number of phenols is 2. The van der Waals surface area contributed by atoms with Crippen molar-refractivity contribution in [3.05, 3.63) is 59.7 Å². The summed E-state index contributed by atoms with van der Waals surface area (Å²) in [5.41, 5.74) is 2.21. The van der Waals surface area contributed by atoms with Crippen LogP contribution in [0, 0.1) is 0 Å². The van der Waals surface area contributed by atoms with Crippen LogP contribution in [0.2, 0.25) is 0 Å². The molecule has 0 amide bonds. The summed E-state index contributed by atoms with van der Waals surface area (Å²) in [4.78, 5) is 0. The van der Waals surface area contributed by atoms with Crippen LogP contribution in [-0.2, 0) is 11.5 Å². The molecule has 0 saturated carbocycles. The van der Waals surface area contributed by atoms with Crippen molar-refractivity contribution < 1.29 is 10.2 Å². The van der Waals surface area contributed by atoms with Gasteiger partial charge in [-0.25, -0.2) is 0 Å². The standard InChI is InChI=1S/C14H14O2S/c15-13-5-1-3-11(7-13)9-17-10-12-4-2-6-14(16)8-12/h1-8,15-16H,9-10H2. The number of aromatic hydroxyl groups is 2. The molecule has 0 spiro atoms. The lowest BCUT2D eigenvalue weighted by Gasteiger charge is -2.03. The van der Waals surface area contributed by atoms with Gasteiger partial charge in [-0.05, 0) is 35.4 Å². The van der Waals surface area contributed by atoms with Gasteiger partial charge in [0.2, 0.25) is 0 Å². The molecule has 2 rings (SSSR count). The first-order chi connectivity index (χ1) is 8.24. The summed E-state index contributed by atoms with van der Waals surface area (Å²) >= 11 is 1.75. The van der Waals surface area contributed by atoms with Crippen molar-refractivity contribution in [3.8, 4) is 11.5 Å². The van der Waals surface area contributed by atoms with Crippen molar-refractivity contribution >= 4 is 11.8 Å². The zero-order valence-electron chi connectivity index (χ0n) is 9.34. The first-order valence-corrected chi connectivity index (χ1v) is 6.53. The highest BCUT2D eigenvalue weighted by atomic mass is 32.2. The quantitative estimate of drug-likeness (QED) is 0.867. The lowest BCUT2D eigenvalue weighted by Crippen LogP contribution is -1.83. The zero-order valence-corrected chi connectivity index (χ0v) is 10.2. The largest absolute Gasteiger partial charge is 0.508 e. The van der Waals surface area contributed by atoms with E-state index in [1.807, 2.05) is 24.3 Å². The fourth-order valence-corrected chi connectivity index (χ4v) is 2.51. The number of benzene rings is 2. The fraction of sp³-hybridized carbons (Fsp3) is 0.143. The SMILES string of the molecule is Oc1cccc(CSCc2cccc(O)c2)c1. The van der Waals surface area contributed by atoms with Gasteiger partial charge in [0.1, 0.15) is 11.5 Å². The van der Waals surface area contributed by atoms with Gasteiger partial charge in [-0.1, -0.05) is 24.3 Å². The average molecular weight is 246 g/mol. The topological polar surface area (TPSA) is 40.5 Å². The van der Waals surface area contributed by atoms with Gasteiger partial charge in [0.25, 0.3) is 0 Å². The summed E-state index contributed by atoms with van der Waals surface area (Å²) in [6, 6.07) is 14.6. The minimum atomic E-state index is 0.306. The first-order valence-electron chi connectivity index (χ1n) is 5.37. The summed E-state index contributed by atoms with van der Waals surface area (Å²) in [7, 11) is 0. The number of phenolic OH excluding ortho intramolecular Hbond substituents is 2. The molecular formula is C14H14O2S. The van der Waals surface area contributed by atoms with E-state index in [1.165, 1.54) is 0 Å². The van der Waals surface area contributed by atoms with Gasteiger partial charge in [0.05, 0.1) is 0 Å². The molecule has 0 saturated heterocycles. The van der Waals surface area contributed by atoms with Crippen LogP contribution in [0.3, 0.4) is 0 Å². The van der Waals surface area contributed by atoms with Crippen molar-refractivity contribution in [3.63, 3.8) is 0 Å². The second kappa shape index (κ2) is 5.64. The Balaban J connectivity index is 1.87. The molecule has 2 N–H and O–H groups in total. The van der Waals surface area contributed by atoms with Gasteiger partial charge in [-0.3, -0.25) is 0 Å². The van der Waals surface area contributed by atoms with Crippen molar-refractivity contribution in [1.29, 1.82) is 0 Å². The summed E-state index contributed by atoms with van der Waals surface area (Å²) in [6.07, 6.45) is 0. The number of thioether (sulfide) groups is 1. The van der Waals surface area contributed by atoms with E-state index >= 15 is 0 Å². The molecule has 88 valence electrons. The highest BCUT2D eigenvalue weighted by molar-refractivity contribution is 7.97. The fourth-order valence-electron chi connectivity index (χ4n) is 1.58. The van der Waals surface area contributed by atoms with Crippen LogP contribution in [0.5, 0.6) is 11.5 Å². The Bertz CT molecular complexity index is 452. The van der Waals surface area contributed by atoms with E-state index in [-0.39, 0.29) is 0 Å². The summed E-state index contributed by atoms with van der Waals surface area (Å²) in [6.45, 7) is 0. The molecule has 0 radical (unpaired) electrons. The molecule has 2 aromatic rings. The normalized spacial score (nSPS) is 10.4. The van der Waals surface area contributed by atoms with Crippen LogP contribution in [0.4, 0.5) is 0 Å². The lowest BCUT2D eigenvalue weighted by atomic mass is 10.2. The van der Waals surface area contributed by atoms with Crippen molar-refractivity contribution in [1.82, 2.24) is 0 Å². The van der Waals surface area contributed by atoms with Crippen molar-refractivity contribution in [2.24, 2.45) is 0 Å². The highest BCUT2D eigenvalue weighted by Gasteiger charge is 1.98. The molecule has 17 heavy (non-hydrogen) atoms. The minimum Gasteiger partial charge on any atom is -0.508 e. The third-order valence-electron chi connectivity index (χ3n) is 2.36. The van der Waals surface area contributed by atoms with E-state index in [0.29, 0.717) is 11.5 Å². The van der Waals surface area contributed by atoms with E-state index in [0.717, 1.165) is 22.6 Å². The molecule has 0 fully saturated rings. The Hall–Kier alpha value is -1.61. The Kier molecular flexibility index (Phi) is 3.94. The molecular weight excluding hydrogens is 232 g/mol. The molecule has 3 heteroatoms. The van der Waals surface area contributed by atoms with Crippen molar-refractivity contribution in [2.75, 3.05) is 0 Å². The van der Waals surface area contributed by atoms with E-state index in [9.17, 15) is 10.2 Å². The number of hydrogen-bond donors (Lipinski definition) is 2. The molecule has 0 aliphatic rings. The molecule has 0 aliphatic carbocycles. The maximum Gasteiger partial charge on any atom is 0.115 e. The van der Waals surface area contributed by atoms with Gasteiger partial charge in [-0.2, -0.15) is 11.8 Å². The molecule has 2 nitrogen and oxygen atoms in total. The molecule has 0 bridgehead atoms.